The van der Waals surface area contributed by atoms with Crippen LogP contribution in [-0.4, -0.2) is 45.1 Å². The van der Waals surface area contributed by atoms with Crippen LogP contribution in [0.1, 0.15) is 55.3 Å². The Balaban J connectivity index is 1.32. The van der Waals surface area contributed by atoms with E-state index in [1.54, 1.807) is 0 Å². The zero-order chi connectivity index (χ0) is 19.1. The second-order valence-electron chi connectivity index (χ2n) is 8.91. The number of fused-ring (bicyclic) bond motifs is 2. The number of hydrogen-bond acceptors (Lipinski definition) is 5. The van der Waals surface area contributed by atoms with Crippen molar-refractivity contribution in [3.8, 4) is 0 Å². The molecule has 1 N–H and O–H groups in total. The molecule has 2 bridgehead atoms. The highest BCUT2D eigenvalue weighted by Crippen LogP contribution is 2.46. The number of nitrogens with zero attached hydrogens (tertiary/aromatic N) is 4. The van der Waals surface area contributed by atoms with Crippen molar-refractivity contribution in [2.75, 3.05) is 18.0 Å². The summed E-state index contributed by atoms with van der Waals surface area (Å²) in [5, 5.41) is 11.4. The Kier molecular flexibility index (Phi) is 4.60. The van der Waals surface area contributed by atoms with E-state index in [9.17, 15) is 5.11 Å². The minimum absolute atomic E-state index is 0.426. The fourth-order valence-electron chi connectivity index (χ4n) is 5.40. The highest BCUT2D eigenvalue weighted by atomic mass is 16.3. The second-order valence-corrected chi connectivity index (χ2v) is 8.91. The second kappa shape index (κ2) is 7.12. The molecular weight excluding hydrogens is 348 g/mol. The first-order chi connectivity index (χ1) is 13.6. The monoisotopic (exact) mass is 378 g/mol. The molecule has 3 saturated heterocycles. The summed E-state index contributed by atoms with van der Waals surface area (Å²) in [5.74, 6) is 0.885. The van der Waals surface area contributed by atoms with E-state index >= 15 is 0 Å². The molecule has 3 fully saturated rings. The maximum absolute atomic E-state index is 11.4. The van der Waals surface area contributed by atoms with Gasteiger partial charge in [0, 0.05) is 37.9 Å². The van der Waals surface area contributed by atoms with Gasteiger partial charge in [0.2, 0.25) is 5.95 Å². The Morgan fingerprint density at radius 3 is 2.39 bits per heavy atom. The molecule has 4 heterocycles. The summed E-state index contributed by atoms with van der Waals surface area (Å²) in [7, 11) is 0. The Labute approximate surface area is 167 Å². The normalized spacial score (nSPS) is 30.1. The predicted molar refractivity (Wildman–Crippen MR) is 110 cm³/mol. The van der Waals surface area contributed by atoms with Gasteiger partial charge in [-0.25, -0.2) is 9.97 Å². The zero-order valence-electron chi connectivity index (χ0n) is 16.7. The molecular formula is C23H30N4O. The zero-order valence-corrected chi connectivity index (χ0v) is 16.7. The minimum atomic E-state index is -0.692. The molecule has 0 amide bonds. The van der Waals surface area contributed by atoms with Crippen molar-refractivity contribution >= 4 is 5.95 Å². The first kappa shape index (κ1) is 18.1. The van der Waals surface area contributed by atoms with Gasteiger partial charge < -0.3 is 10.0 Å². The molecule has 3 aliphatic heterocycles. The van der Waals surface area contributed by atoms with Crippen molar-refractivity contribution < 1.29 is 5.11 Å². The number of benzene rings is 1. The van der Waals surface area contributed by atoms with Crippen molar-refractivity contribution in [2.45, 2.75) is 69.7 Å². The third-order valence-corrected chi connectivity index (χ3v) is 6.94. The van der Waals surface area contributed by atoms with Crippen LogP contribution in [0.15, 0.2) is 36.5 Å². The highest BCUT2D eigenvalue weighted by molar-refractivity contribution is 5.32. The van der Waals surface area contributed by atoms with Gasteiger partial charge in [-0.1, -0.05) is 29.8 Å². The summed E-state index contributed by atoms with van der Waals surface area (Å²) in [5.41, 5.74) is 2.73. The van der Waals surface area contributed by atoms with E-state index in [2.05, 4.69) is 52.0 Å². The summed E-state index contributed by atoms with van der Waals surface area (Å²) in [6, 6.07) is 11.4. The van der Waals surface area contributed by atoms with Crippen LogP contribution in [0.2, 0.25) is 0 Å². The van der Waals surface area contributed by atoms with Gasteiger partial charge in [0.15, 0.2) is 0 Å². The van der Waals surface area contributed by atoms with E-state index in [-0.39, 0.29) is 0 Å². The van der Waals surface area contributed by atoms with Crippen molar-refractivity contribution in [3.63, 3.8) is 0 Å². The summed E-state index contributed by atoms with van der Waals surface area (Å²) in [6.45, 7) is 5.10. The van der Waals surface area contributed by atoms with Crippen LogP contribution in [0.25, 0.3) is 0 Å². The molecule has 28 heavy (non-hydrogen) atoms. The maximum Gasteiger partial charge on any atom is 0.225 e. The molecule has 3 atom stereocenters. The molecule has 1 aromatic heterocycles. The number of rotatable bonds is 4. The summed E-state index contributed by atoms with van der Waals surface area (Å²) >= 11 is 0. The molecule has 0 spiro atoms. The molecule has 5 rings (SSSR count). The number of aryl methyl sites for hydroxylation is 1. The summed E-state index contributed by atoms with van der Waals surface area (Å²) in [4.78, 5) is 14.2. The van der Waals surface area contributed by atoms with Crippen molar-refractivity contribution in [1.29, 1.82) is 0 Å². The Hall–Kier alpha value is -1.98. The first-order valence-corrected chi connectivity index (χ1v) is 10.7. The quantitative estimate of drug-likeness (QED) is 0.884. The topological polar surface area (TPSA) is 52.5 Å². The molecule has 1 unspecified atom stereocenters. The van der Waals surface area contributed by atoms with Crippen LogP contribution in [0.4, 0.5) is 5.95 Å². The van der Waals surface area contributed by atoms with Crippen molar-refractivity contribution in [1.82, 2.24) is 14.9 Å². The van der Waals surface area contributed by atoms with Crippen LogP contribution in [0, 0.1) is 6.92 Å². The van der Waals surface area contributed by atoms with Crippen molar-refractivity contribution in [2.24, 2.45) is 0 Å². The average Bonchev–Trinajstić information content (AvgIpc) is 3.31. The Bertz CT molecular complexity index is 817. The minimum Gasteiger partial charge on any atom is -0.385 e. The van der Waals surface area contributed by atoms with E-state index in [4.69, 9.17) is 4.98 Å². The van der Waals surface area contributed by atoms with E-state index in [0.29, 0.717) is 12.1 Å². The third-order valence-electron chi connectivity index (χ3n) is 6.94. The molecule has 5 nitrogen and oxygen atoms in total. The highest BCUT2D eigenvalue weighted by Gasteiger charge is 2.48. The third kappa shape index (κ3) is 3.31. The lowest BCUT2D eigenvalue weighted by Crippen LogP contribution is -2.49. The van der Waals surface area contributed by atoms with Gasteiger partial charge in [-0.05, 0) is 57.1 Å². The van der Waals surface area contributed by atoms with Gasteiger partial charge in [0.25, 0.3) is 0 Å². The standard InChI is InChI=1S/C23H30N4O/c1-17-4-6-18(7-5-17)23(28)14-20-8-9-21(15-23)27(20)16-19-10-11-24-22(25-19)26-12-2-3-13-26/h4-7,10-11,20-21,28H,2-3,8-9,12-16H2,1H3/t20-,21+,23?. The van der Waals surface area contributed by atoms with Crippen molar-refractivity contribution in [3.05, 3.63) is 53.3 Å². The largest absolute Gasteiger partial charge is 0.385 e. The molecule has 5 heteroatoms. The van der Waals surface area contributed by atoms with E-state index < -0.39 is 5.60 Å². The van der Waals surface area contributed by atoms with E-state index in [1.807, 2.05) is 6.20 Å². The van der Waals surface area contributed by atoms with Gasteiger partial charge in [0.1, 0.15) is 0 Å². The molecule has 2 aromatic rings. The summed E-state index contributed by atoms with van der Waals surface area (Å²) < 4.78 is 0. The average molecular weight is 379 g/mol. The first-order valence-electron chi connectivity index (χ1n) is 10.7. The lowest BCUT2D eigenvalue weighted by Gasteiger charge is -2.44. The van der Waals surface area contributed by atoms with E-state index in [0.717, 1.165) is 49.7 Å². The Morgan fingerprint density at radius 1 is 1.04 bits per heavy atom. The van der Waals surface area contributed by atoms with Gasteiger partial charge in [-0.15, -0.1) is 0 Å². The fourth-order valence-corrected chi connectivity index (χ4v) is 5.40. The molecule has 0 radical (unpaired) electrons. The molecule has 0 saturated carbocycles. The van der Waals surface area contributed by atoms with Crippen LogP contribution in [-0.2, 0) is 12.1 Å². The molecule has 1 aromatic carbocycles. The fraction of sp³-hybridized carbons (Fsp3) is 0.565. The molecule has 0 aliphatic carbocycles. The number of aliphatic hydroxyl groups is 1. The van der Waals surface area contributed by atoms with Crippen LogP contribution < -0.4 is 4.90 Å². The molecule has 148 valence electrons. The predicted octanol–water partition coefficient (Wildman–Crippen LogP) is 3.40. The lowest BCUT2D eigenvalue weighted by molar-refractivity contribution is -0.0598. The van der Waals surface area contributed by atoms with Gasteiger partial charge in [-0.3, -0.25) is 4.90 Å². The van der Waals surface area contributed by atoms with Crippen LogP contribution >= 0.6 is 0 Å². The van der Waals surface area contributed by atoms with Crippen LogP contribution in [0.5, 0.6) is 0 Å². The van der Waals surface area contributed by atoms with E-state index in [1.165, 1.54) is 31.2 Å². The van der Waals surface area contributed by atoms with Gasteiger partial charge in [-0.2, -0.15) is 0 Å². The Morgan fingerprint density at radius 2 is 1.71 bits per heavy atom. The lowest BCUT2D eigenvalue weighted by atomic mass is 9.80. The van der Waals surface area contributed by atoms with Gasteiger partial charge >= 0.3 is 0 Å². The number of anilines is 1. The number of piperidine rings is 1. The SMILES string of the molecule is Cc1ccc(C2(O)C[C@H]3CC[C@@H](C2)N3Cc2ccnc(N3CCCC3)n2)cc1. The van der Waals surface area contributed by atoms with Crippen LogP contribution in [0.3, 0.4) is 0 Å². The number of aromatic nitrogens is 2. The summed E-state index contributed by atoms with van der Waals surface area (Å²) in [6.07, 6.45) is 8.35. The number of hydrogen-bond donors (Lipinski definition) is 1. The smallest absolute Gasteiger partial charge is 0.225 e. The molecule has 3 aliphatic rings. The maximum atomic E-state index is 11.4. The van der Waals surface area contributed by atoms with Gasteiger partial charge in [0.05, 0.1) is 11.3 Å².